The molecule has 3 atom stereocenters. The molecule has 0 amide bonds. The van der Waals surface area contributed by atoms with Gasteiger partial charge in [0.15, 0.2) is 0 Å². The number of nitrogens with one attached hydrogen (secondary N) is 1. The second kappa shape index (κ2) is 6.93. The molecule has 1 heterocycles. The standard InChI is InChI=1S/C19H31NO/c1-5-14-18(3,6-2)21-19(4,17-13-10-15-20-17)16-11-8-7-9-12-16/h7-9,11-12,17,20H,5-6,10,13-15H2,1-4H3/t17-,18?,19+/m0/s1. The van der Waals surface area contributed by atoms with Gasteiger partial charge in [-0.3, -0.25) is 0 Å². The molecule has 21 heavy (non-hydrogen) atoms. The van der Waals surface area contributed by atoms with E-state index >= 15 is 0 Å². The highest BCUT2D eigenvalue weighted by Crippen LogP contribution is 2.39. The van der Waals surface area contributed by atoms with Gasteiger partial charge in [0.05, 0.1) is 5.60 Å². The third-order valence-electron chi connectivity index (χ3n) is 5.06. The Morgan fingerprint density at radius 1 is 1.19 bits per heavy atom. The summed E-state index contributed by atoms with van der Waals surface area (Å²) in [6.45, 7) is 10.1. The summed E-state index contributed by atoms with van der Waals surface area (Å²) in [5, 5.41) is 3.66. The van der Waals surface area contributed by atoms with E-state index in [0.717, 1.165) is 25.8 Å². The van der Waals surface area contributed by atoms with Gasteiger partial charge in [0, 0.05) is 6.04 Å². The number of rotatable bonds is 7. The van der Waals surface area contributed by atoms with E-state index in [1.807, 2.05) is 0 Å². The minimum atomic E-state index is -0.252. The van der Waals surface area contributed by atoms with E-state index in [1.54, 1.807) is 0 Å². The molecule has 0 aromatic heterocycles. The number of benzene rings is 1. The molecule has 1 unspecified atom stereocenters. The van der Waals surface area contributed by atoms with E-state index in [-0.39, 0.29) is 11.2 Å². The Hall–Kier alpha value is -0.860. The predicted octanol–water partition coefficient (Wildman–Crippen LogP) is 4.64. The van der Waals surface area contributed by atoms with Crippen molar-refractivity contribution in [2.45, 2.75) is 77.0 Å². The van der Waals surface area contributed by atoms with Crippen molar-refractivity contribution in [1.29, 1.82) is 0 Å². The highest BCUT2D eigenvalue weighted by atomic mass is 16.5. The van der Waals surface area contributed by atoms with Gasteiger partial charge in [-0.15, -0.1) is 0 Å². The zero-order valence-corrected chi connectivity index (χ0v) is 14.1. The smallest absolute Gasteiger partial charge is 0.106 e. The molecule has 1 fully saturated rings. The van der Waals surface area contributed by atoms with E-state index in [4.69, 9.17) is 4.74 Å². The Balaban J connectivity index is 2.32. The third-order valence-corrected chi connectivity index (χ3v) is 5.06. The van der Waals surface area contributed by atoms with Gasteiger partial charge < -0.3 is 10.1 Å². The number of ether oxygens (including phenoxy) is 1. The Morgan fingerprint density at radius 2 is 1.90 bits per heavy atom. The van der Waals surface area contributed by atoms with Crippen molar-refractivity contribution in [3.05, 3.63) is 35.9 Å². The van der Waals surface area contributed by atoms with Crippen LogP contribution in [-0.2, 0) is 10.3 Å². The van der Waals surface area contributed by atoms with Crippen LogP contribution < -0.4 is 5.32 Å². The van der Waals surface area contributed by atoms with Crippen LogP contribution in [0.15, 0.2) is 30.3 Å². The Kier molecular flexibility index (Phi) is 5.45. The Bertz CT molecular complexity index is 426. The van der Waals surface area contributed by atoms with Gasteiger partial charge in [-0.2, -0.15) is 0 Å². The summed E-state index contributed by atoms with van der Waals surface area (Å²) in [6.07, 6.45) is 5.76. The minimum Gasteiger partial charge on any atom is -0.363 e. The van der Waals surface area contributed by atoms with Gasteiger partial charge in [0.25, 0.3) is 0 Å². The maximum atomic E-state index is 6.82. The van der Waals surface area contributed by atoms with Gasteiger partial charge >= 0.3 is 0 Å². The van der Waals surface area contributed by atoms with E-state index in [0.29, 0.717) is 6.04 Å². The molecule has 0 radical (unpaired) electrons. The van der Waals surface area contributed by atoms with E-state index in [9.17, 15) is 0 Å². The molecular weight excluding hydrogens is 258 g/mol. The van der Waals surface area contributed by atoms with Crippen LogP contribution in [0.1, 0.15) is 65.4 Å². The van der Waals surface area contributed by atoms with Crippen LogP contribution in [0.2, 0.25) is 0 Å². The molecule has 0 saturated carbocycles. The van der Waals surface area contributed by atoms with Crippen molar-refractivity contribution < 1.29 is 4.74 Å². The maximum Gasteiger partial charge on any atom is 0.106 e. The Morgan fingerprint density at radius 3 is 2.43 bits per heavy atom. The molecule has 118 valence electrons. The SMILES string of the molecule is CCCC(C)(CC)O[C@](C)(c1ccccc1)[C@@H]1CCCN1. The first-order valence-electron chi connectivity index (χ1n) is 8.53. The average Bonchev–Trinajstić information content (AvgIpc) is 3.03. The molecule has 2 nitrogen and oxygen atoms in total. The van der Waals surface area contributed by atoms with Crippen molar-refractivity contribution in [3.8, 4) is 0 Å². The molecule has 0 spiro atoms. The van der Waals surface area contributed by atoms with Crippen LogP contribution in [0.4, 0.5) is 0 Å². The minimum absolute atomic E-state index is 0.0520. The molecule has 1 N–H and O–H groups in total. The lowest BCUT2D eigenvalue weighted by atomic mass is 9.85. The number of hydrogen-bond donors (Lipinski definition) is 1. The number of hydrogen-bond acceptors (Lipinski definition) is 2. The summed E-state index contributed by atoms with van der Waals surface area (Å²) in [5.74, 6) is 0. The topological polar surface area (TPSA) is 21.3 Å². The fourth-order valence-electron chi connectivity index (χ4n) is 3.60. The fourth-order valence-corrected chi connectivity index (χ4v) is 3.60. The van der Waals surface area contributed by atoms with E-state index in [1.165, 1.54) is 18.4 Å². The molecule has 1 saturated heterocycles. The van der Waals surface area contributed by atoms with Crippen LogP contribution in [0.5, 0.6) is 0 Å². The normalized spacial score (nSPS) is 24.5. The van der Waals surface area contributed by atoms with Crippen LogP contribution >= 0.6 is 0 Å². The second-order valence-corrected chi connectivity index (χ2v) is 6.78. The van der Waals surface area contributed by atoms with Crippen LogP contribution in [0, 0.1) is 0 Å². The first kappa shape index (κ1) is 16.5. The highest BCUT2D eigenvalue weighted by molar-refractivity contribution is 5.25. The highest BCUT2D eigenvalue weighted by Gasteiger charge is 2.43. The molecule has 1 aromatic rings. The molecule has 2 rings (SSSR count). The lowest BCUT2D eigenvalue weighted by Gasteiger charge is -2.44. The van der Waals surface area contributed by atoms with Gasteiger partial charge in [0.2, 0.25) is 0 Å². The Labute approximate surface area is 130 Å². The molecular formula is C19H31NO. The molecule has 1 aromatic carbocycles. The van der Waals surface area contributed by atoms with Crippen LogP contribution in [-0.4, -0.2) is 18.2 Å². The summed E-state index contributed by atoms with van der Waals surface area (Å²) in [6, 6.07) is 11.1. The monoisotopic (exact) mass is 289 g/mol. The second-order valence-electron chi connectivity index (χ2n) is 6.78. The first-order chi connectivity index (χ1) is 10.0. The molecule has 0 aliphatic carbocycles. The summed E-state index contributed by atoms with van der Waals surface area (Å²) in [5.41, 5.74) is 0.988. The third kappa shape index (κ3) is 3.67. The zero-order chi connectivity index (χ0) is 15.3. The first-order valence-corrected chi connectivity index (χ1v) is 8.53. The largest absolute Gasteiger partial charge is 0.363 e. The summed E-state index contributed by atoms with van der Waals surface area (Å²) >= 11 is 0. The molecule has 2 heteroatoms. The van der Waals surface area contributed by atoms with Crippen molar-refractivity contribution in [1.82, 2.24) is 5.32 Å². The summed E-state index contributed by atoms with van der Waals surface area (Å²) in [4.78, 5) is 0. The molecule has 1 aliphatic heterocycles. The summed E-state index contributed by atoms with van der Waals surface area (Å²) in [7, 11) is 0. The van der Waals surface area contributed by atoms with Crippen LogP contribution in [0.25, 0.3) is 0 Å². The van der Waals surface area contributed by atoms with Gasteiger partial charge in [-0.1, -0.05) is 50.6 Å². The van der Waals surface area contributed by atoms with Gasteiger partial charge in [0.1, 0.15) is 5.60 Å². The lowest BCUT2D eigenvalue weighted by molar-refractivity contribution is -0.164. The van der Waals surface area contributed by atoms with Crippen molar-refractivity contribution in [2.75, 3.05) is 6.54 Å². The quantitative estimate of drug-likeness (QED) is 0.789. The van der Waals surface area contributed by atoms with Gasteiger partial charge in [-0.05, 0) is 51.6 Å². The molecule has 0 bridgehead atoms. The lowest BCUT2D eigenvalue weighted by Crippen LogP contribution is -2.50. The van der Waals surface area contributed by atoms with E-state index in [2.05, 4.69) is 63.3 Å². The average molecular weight is 289 g/mol. The fraction of sp³-hybridized carbons (Fsp3) is 0.684. The van der Waals surface area contributed by atoms with E-state index < -0.39 is 0 Å². The van der Waals surface area contributed by atoms with Gasteiger partial charge in [-0.25, -0.2) is 0 Å². The van der Waals surface area contributed by atoms with Crippen LogP contribution in [0.3, 0.4) is 0 Å². The van der Waals surface area contributed by atoms with Crippen molar-refractivity contribution >= 4 is 0 Å². The summed E-state index contributed by atoms with van der Waals surface area (Å²) < 4.78 is 6.82. The predicted molar refractivity (Wildman–Crippen MR) is 89.5 cm³/mol. The molecule has 1 aliphatic rings. The van der Waals surface area contributed by atoms with Crippen molar-refractivity contribution in [3.63, 3.8) is 0 Å². The zero-order valence-electron chi connectivity index (χ0n) is 14.1. The maximum absolute atomic E-state index is 6.82. The van der Waals surface area contributed by atoms with Crippen molar-refractivity contribution in [2.24, 2.45) is 0 Å².